The largest absolute Gasteiger partial charge is 0.254 e. The molecule has 1 aromatic carbocycles. The molecule has 0 aliphatic carbocycles. The van der Waals surface area contributed by atoms with Crippen LogP contribution in [0.1, 0.15) is 5.01 Å². The lowest BCUT2D eigenvalue weighted by Gasteiger charge is -1.91. The van der Waals surface area contributed by atoms with Crippen LogP contribution in [0.15, 0.2) is 35.7 Å². The first-order valence-corrected chi connectivity index (χ1v) is 6.54. The van der Waals surface area contributed by atoms with Crippen molar-refractivity contribution in [2.75, 3.05) is 0 Å². The molecule has 2 aromatic heterocycles. The van der Waals surface area contributed by atoms with Crippen molar-refractivity contribution < 1.29 is 0 Å². The molecular formula is C10H8N4S2. The molecule has 0 amide bonds. The van der Waals surface area contributed by atoms with E-state index in [0.29, 0.717) is 0 Å². The van der Waals surface area contributed by atoms with Gasteiger partial charge in [-0.3, -0.25) is 5.10 Å². The monoisotopic (exact) mass is 248 g/mol. The standard InChI is InChI=1S/C10H8N4S2/c1-2-4-8-7(3-1)13-9(16-8)5-15-10-11-6-12-14-10/h1-4,6H,5H2,(H,11,12,14). The maximum atomic E-state index is 4.55. The molecule has 4 nitrogen and oxygen atoms in total. The van der Waals surface area contributed by atoms with Crippen LogP contribution in [-0.4, -0.2) is 20.2 Å². The molecular weight excluding hydrogens is 240 g/mol. The first-order valence-electron chi connectivity index (χ1n) is 4.74. The van der Waals surface area contributed by atoms with Gasteiger partial charge in [-0.05, 0) is 12.1 Å². The summed E-state index contributed by atoms with van der Waals surface area (Å²) in [5, 5.41) is 8.57. The number of rotatable bonds is 3. The van der Waals surface area contributed by atoms with Gasteiger partial charge in [0.15, 0.2) is 5.16 Å². The van der Waals surface area contributed by atoms with Crippen LogP contribution in [-0.2, 0) is 5.75 Å². The SMILES string of the molecule is c1ccc2sc(CSc3ncn[nH]3)nc2c1. The first-order chi connectivity index (χ1) is 7.92. The second kappa shape index (κ2) is 4.23. The number of thiazole rings is 1. The average molecular weight is 248 g/mol. The molecule has 1 N–H and O–H groups in total. The minimum Gasteiger partial charge on any atom is -0.254 e. The van der Waals surface area contributed by atoms with Crippen LogP contribution < -0.4 is 0 Å². The average Bonchev–Trinajstić information content (AvgIpc) is 2.95. The molecule has 0 atom stereocenters. The zero-order valence-electron chi connectivity index (χ0n) is 8.25. The van der Waals surface area contributed by atoms with E-state index in [1.165, 1.54) is 11.0 Å². The van der Waals surface area contributed by atoms with Gasteiger partial charge in [0.1, 0.15) is 11.3 Å². The molecule has 6 heteroatoms. The van der Waals surface area contributed by atoms with Crippen LogP contribution in [0.2, 0.25) is 0 Å². The number of aromatic nitrogens is 4. The van der Waals surface area contributed by atoms with E-state index in [1.807, 2.05) is 18.2 Å². The summed E-state index contributed by atoms with van der Waals surface area (Å²) in [5.74, 6) is 0.828. The van der Waals surface area contributed by atoms with Gasteiger partial charge in [-0.2, -0.15) is 5.10 Å². The summed E-state index contributed by atoms with van der Waals surface area (Å²) < 4.78 is 1.23. The zero-order valence-corrected chi connectivity index (χ0v) is 9.88. The van der Waals surface area contributed by atoms with Gasteiger partial charge >= 0.3 is 0 Å². The van der Waals surface area contributed by atoms with Gasteiger partial charge in [-0.15, -0.1) is 11.3 Å². The van der Waals surface area contributed by atoms with E-state index in [9.17, 15) is 0 Å². The Hall–Kier alpha value is -1.40. The van der Waals surface area contributed by atoms with Crippen LogP contribution in [0.3, 0.4) is 0 Å². The predicted molar refractivity (Wildman–Crippen MR) is 65.6 cm³/mol. The van der Waals surface area contributed by atoms with Crippen LogP contribution in [0, 0.1) is 0 Å². The second-order valence-corrected chi connectivity index (χ2v) is 5.23. The van der Waals surface area contributed by atoms with Crippen LogP contribution in [0.25, 0.3) is 10.2 Å². The number of H-pyrrole nitrogens is 1. The molecule has 0 unspecified atom stereocenters. The summed E-state index contributed by atoms with van der Waals surface area (Å²) in [6.45, 7) is 0. The molecule has 0 aliphatic heterocycles. The van der Waals surface area contributed by atoms with E-state index in [0.717, 1.165) is 21.4 Å². The number of hydrogen-bond donors (Lipinski definition) is 1. The molecule has 3 rings (SSSR count). The van der Waals surface area contributed by atoms with Gasteiger partial charge < -0.3 is 0 Å². The Morgan fingerprint density at radius 3 is 3.06 bits per heavy atom. The van der Waals surface area contributed by atoms with E-state index in [4.69, 9.17) is 0 Å². The lowest BCUT2D eigenvalue weighted by molar-refractivity contribution is 0.972. The zero-order chi connectivity index (χ0) is 10.8. The normalized spacial score (nSPS) is 11.0. The number of fused-ring (bicyclic) bond motifs is 1. The van der Waals surface area contributed by atoms with Crippen LogP contribution in [0.4, 0.5) is 0 Å². The van der Waals surface area contributed by atoms with Gasteiger partial charge in [0.25, 0.3) is 0 Å². The van der Waals surface area contributed by atoms with E-state index in [-0.39, 0.29) is 0 Å². The number of nitrogens with one attached hydrogen (secondary N) is 1. The van der Waals surface area contributed by atoms with Crippen molar-refractivity contribution >= 4 is 33.3 Å². The fourth-order valence-electron chi connectivity index (χ4n) is 1.38. The molecule has 0 radical (unpaired) electrons. The van der Waals surface area contributed by atoms with Gasteiger partial charge in [0.05, 0.1) is 16.0 Å². The lowest BCUT2D eigenvalue weighted by atomic mass is 10.3. The molecule has 3 aromatic rings. The van der Waals surface area contributed by atoms with Crippen LogP contribution in [0.5, 0.6) is 0 Å². The third-order valence-corrected chi connectivity index (χ3v) is 4.17. The molecule has 0 aliphatic rings. The highest BCUT2D eigenvalue weighted by molar-refractivity contribution is 7.98. The molecule has 0 fully saturated rings. The second-order valence-electron chi connectivity index (χ2n) is 3.15. The highest BCUT2D eigenvalue weighted by Crippen LogP contribution is 2.26. The van der Waals surface area contributed by atoms with Crippen molar-refractivity contribution in [1.82, 2.24) is 20.2 Å². The first kappa shape index (κ1) is 9.80. The summed E-state index contributed by atoms with van der Waals surface area (Å²) >= 11 is 3.34. The Bertz CT molecular complexity index is 555. The van der Waals surface area contributed by atoms with Crippen molar-refractivity contribution in [3.8, 4) is 0 Å². The van der Waals surface area contributed by atoms with Crippen molar-refractivity contribution in [2.45, 2.75) is 10.9 Å². The quantitative estimate of drug-likeness (QED) is 0.724. The van der Waals surface area contributed by atoms with Crippen molar-refractivity contribution in [3.05, 3.63) is 35.6 Å². The topological polar surface area (TPSA) is 54.5 Å². The smallest absolute Gasteiger partial charge is 0.183 e. The molecule has 0 bridgehead atoms. The fourth-order valence-corrected chi connectivity index (χ4v) is 3.11. The molecule has 16 heavy (non-hydrogen) atoms. The molecule has 0 saturated heterocycles. The van der Waals surface area contributed by atoms with Gasteiger partial charge in [0, 0.05) is 0 Å². The Labute approximate surface area is 100 Å². The Kier molecular flexibility index (Phi) is 2.59. The minimum atomic E-state index is 0.828. The fraction of sp³-hybridized carbons (Fsp3) is 0.100. The number of aromatic amines is 1. The maximum Gasteiger partial charge on any atom is 0.183 e. The van der Waals surface area contributed by atoms with Crippen molar-refractivity contribution in [3.63, 3.8) is 0 Å². The Morgan fingerprint density at radius 1 is 1.31 bits per heavy atom. The number of thioether (sulfide) groups is 1. The van der Waals surface area contributed by atoms with E-state index >= 15 is 0 Å². The highest BCUT2D eigenvalue weighted by atomic mass is 32.2. The predicted octanol–water partition coefficient (Wildman–Crippen LogP) is 2.71. The van der Waals surface area contributed by atoms with E-state index < -0.39 is 0 Å². The van der Waals surface area contributed by atoms with Crippen molar-refractivity contribution in [2.24, 2.45) is 0 Å². The number of hydrogen-bond acceptors (Lipinski definition) is 5. The van der Waals surface area contributed by atoms with Gasteiger partial charge in [-0.1, -0.05) is 23.9 Å². The summed E-state index contributed by atoms with van der Waals surface area (Å²) in [5.41, 5.74) is 1.07. The lowest BCUT2D eigenvalue weighted by Crippen LogP contribution is -1.80. The molecule has 2 heterocycles. The van der Waals surface area contributed by atoms with Crippen molar-refractivity contribution in [1.29, 1.82) is 0 Å². The third-order valence-electron chi connectivity index (χ3n) is 2.06. The number of nitrogens with zero attached hydrogens (tertiary/aromatic N) is 3. The highest BCUT2D eigenvalue weighted by Gasteiger charge is 2.04. The number of benzene rings is 1. The maximum absolute atomic E-state index is 4.55. The number of para-hydroxylation sites is 1. The van der Waals surface area contributed by atoms with Crippen LogP contribution >= 0.6 is 23.1 Å². The Balaban J connectivity index is 1.79. The third kappa shape index (κ3) is 1.94. The summed E-state index contributed by atoms with van der Waals surface area (Å²) in [7, 11) is 0. The molecule has 0 saturated carbocycles. The summed E-state index contributed by atoms with van der Waals surface area (Å²) in [6.07, 6.45) is 1.51. The van der Waals surface area contributed by atoms with E-state index in [2.05, 4.69) is 26.2 Å². The van der Waals surface area contributed by atoms with Gasteiger partial charge in [0.2, 0.25) is 0 Å². The summed E-state index contributed by atoms with van der Waals surface area (Å²) in [6, 6.07) is 8.17. The van der Waals surface area contributed by atoms with E-state index in [1.54, 1.807) is 23.1 Å². The van der Waals surface area contributed by atoms with Gasteiger partial charge in [-0.25, -0.2) is 9.97 Å². The Morgan fingerprint density at radius 2 is 2.25 bits per heavy atom. The molecule has 0 spiro atoms. The minimum absolute atomic E-state index is 0.828. The summed E-state index contributed by atoms with van der Waals surface area (Å²) in [4.78, 5) is 8.61. The molecule has 80 valence electrons.